The van der Waals surface area contributed by atoms with Crippen molar-refractivity contribution in [1.82, 2.24) is 8.87 Å². The van der Waals surface area contributed by atoms with E-state index in [1.54, 1.807) is 6.92 Å². The Bertz CT molecular complexity index is 1230. The average molecular weight is 413 g/mol. The van der Waals surface area contributed by atoms with Crippen molar-refractivity contribution in [2.75, 3.05) is 13.1 Å². The van der Waals surface area contributed by atoms with E-state index in [1.165, 1.54) is 50.2 Å². The van der Waals surface area contributed by atoms with Crippen LogP contribution in [0.25, 0.3) is 16.5 Å². The maximum atomic E-state index is 13.5. The Balaban J connectivity index is 1.68. The highest BCUT2D eigenvalue weighted by atomic mass is 32.2. The first-order valence-corrected chi connectivity index (χ1v) is 11.3. The number of aromatic nitrogens is 1. The number of rotatable bonds is 4. The summed E-state index contributed by atoms with van der Waals surface area (Å²) in [6, 6.07) is 12.3. The molecule has 0 fully saturated rings. The maximum Gasteiger partial charge on any atom is 0.243 e. The quantitative estimate of drug-likeness (QED) is 0.612. The first kappa shape index (κ1) is 19.9. The summed E-state index contributed by atoms with van der Waals surface area (Å²) in [5.74, 6) is -0.396. The van der Waals surface area contributed by atoms with Gasteiger partial charge in [0.25, 0.3) is 0 Å². The molecule has 0 amide bonds. The Morgan fingerprint density at radius 2 is 1.86 bits per heavy atom. The van der Waals surface area contributed by atoms with Gasteiger partial charge in [-0.25, -0.2) is 12.8 Å². The van der Waals surface area contributed by atoms with Gasteiger partial charge in [0.2, 0.25) is 10.0 Å². The van der Waals surface area contributed by atoms with Gasteiger partial charge in [0.05, 0.1) is 4.90 Å². The molecule has 1 aliphatic rings. The molecule has 152 valence electrons. The van der Waals surface area contributed by atoms with E-state index in [-0.39, 0.29) is 4.90 Å². The molecule has 0 saturated carbocycles. The van der Waals surface area contributed by atoms with Gasteiger partial charge < -0.3 is 4.57 Å². The van der Waals surface area contributed by atoms with E-state index in [4.69, 9.17) is 0 Å². The van der Waals surface area contributed by atoms with Crippen LogP contribution < -0.4 is 0 Å². The SMILES string of the molecule is CCn1c(C)c(C2=CCN(S(=O)(=O)c3ccc(F)c(C)c3)CC2)c2ccccc21. The van der Waals surface area contributed by atoms with Crippen molar-refractivity contribution in [3.63, 3.8) is 0 Å². The molecule has 4 nitrogen and oxygen atoms in total. The Morgan fingerprint density at radius 3 is 2.52 bits per heavy atom. The number of hydrogen-bond donors (Lipinski definition) is 0. The van der Waals surface area contributed by atoms with Gasteiger partial charge in [-0.2, -0.15) is 4.31 Å². The predicted octanol–water partition coefficient (Wildman–Crippen LogP) is 4.90. The summed E-state index contributed by atoms with van der Waals surface area (Å²) in [6.45, 7) is 7.47. The predicted molar refractivity (Wildman–Crippen MR) is 115 cm³/mol. The highest BCUT2D eigenvalue weighted by Crippen LogP contribution is 2.35. The van der Waals surface area contributed by atoms with Crippen molar-refractivity contribution in [3.8, 4) is 0 Å². The van der Waals surface area contributed by atoms with Crippen LogP contribution in [0.1, 0.15) is 30.2 Å². The van der Waals surface area contributed by atoms with Crippen LogP contribution >= 0.6 is 0 Å². The molecule has 3 aromatic rings. The van der Waals surface area contributed by atoms with E-state index in [0.717, 1.165) is 6.54 Å². The van der Waals surface area contributed by atoms with Gasteiger partial charge in [0, 0.05) is 41.8 Å². The molecule has 0 aliphatic carbocycles. The molecule has 1 aliphatic heterocycles. The van der Waals surface area contributed by atoms with Crippen LogP contribution in [-0.4, -0.2) is 30.4 Å². The number of benzene rings is 2. The fourth-order valence-corrected chi connectivity index (χ4v) is 5.73. The molecule has 0 radical (unpaired) electrons. The lowest BCUT2D eigenvalue weighted by molar-refractivity contribution is 0.441. The van der Waals surface area contributed by atoms with Crippen molar-refractivity contribution >= 4 is 26.5 Å². The highest BCUT2D eigenvalue weighted by molar-refractivity contribution is 7.89. The molecule has 0 unspecified atom stereocenters. The molecule has 4 rings (SSSR count). The summed E-state index contributed by atoms with van der Waals surface area (Å²) in [5.41, 5.74) is 5.16. The van der Waals surface area contributed by atoms with E-state index < -0.39 is 15.8 Å². The minimum Gasteiger partial charge on any atom is -0.345 e. The summed E-state index contributed by atoms with van der Waals surface area (Å²) in [5, 5.41) is 1.21. The third-order valence-corrected chi connectivity index (χ3v) is 7.67. The smallest absolute Gasteiger partial charge is 0.243 e. The topological polar surface area (TPSA) is 42.3 Å². The summed E-state index contributed by atoms with van der Waals surface area (Å²) in [7, 11) is -3.64. The molecular weight excluding hydrogens is 387 g/mol. The minimum atomic E-state index is -3.64. The number of nitrogens with zero attached hydrogens (tertiary/aromatic N) is 2. The second kappa shape index (κ2) is 7.43. The lowest BCUT2D eigenvalue weighted by Crippen LogP contribution is -2.34. The van der Waals surface area contributed by atoms with Gasteiger partial charge in [0.1, 0.15) is 5.82 Å². The molecule has 0 saturated heterocycles. The van der Waals surface area contributed by atoms with Gasteiger partial charge in [-0.05, 0) is 62.6 Å². The second-order valence-corrected chi connectivity index (χ2v) is 9.41. The summed E-state index contributed by atoms with van der Waals surface area (Å²) >= 11 is 0. The average Bonchev–Trinajstić information content (AvgIpc) is 3.01. The van der Waals surface area contributed by atoms with Crippen LogP contribution in [0.4, 0.5) is 4.39 Å². The molecule has 0 spiro atoms. The number of aryl methyl sites for hydroxylation is 2. The minimum absolute atomic E-state index is 0.145. The van der Waals surface area contributed by atoms with E-state index >= 15 is 0 Å². The van der Waals surface area contributed by atoms with Crippen molar-refractivity contribution in [1.29, 1.82) is 0 Å². The normalized spacial score (nSPS) is 15.7. The second-order valence-electron chi connectivity index (χ2n) is 7.48. The largest absolute Gasteiger partial charge is 0.345 e. The highest BCUT2D eigenvalue weighted by Gasteiger charge is 2.28. The van der Waals surface area contributed by atoms with Crippen LogP contribution in [0, 0.1) is 19.7 Å². The van der Waals surface area contributed by atoms with Crippen molar-refractivity contribution in [2.24, 2.45) is 0 Å². The van der Waals surface area contributed by atoms with E-state index in [2.05, 4.69) is 30.5 Å². The van der Waals surface area contributed by atoms with E-state index in [1.807, 2.05) is 18.2 Å². The maximum absolute atomic E-state index is 13.5. The fourth-order valence-electron chi connectivity index (χ4n) is 4.27. The van der Waals surface area contributed by atoms with Crippen molar-refractivity contribution < 1.29 is 12.8 Å². The molecule has 0 bridgehead atoms. The van der Waals surface area contributed by atoms with Crippen LogP contribution in [0.2, 0.25) is 0 Å². The first-order chi connectivity index (χ1) is 13.8. The zero-order chi connectivity index (χ0) is 20.8. The summed E-state index contributed by atoms with van der Waals surface area (Å²) < 4.78 is 43.3. The molecule has 0 N–H and O–H groups in total. The Labute approximate surface area is 171 Å². The third kappa shape index (κ3) is 3.30. The number of sulfonamides is 1. The summed E-state index contributed by atoms with van der Waals surface area (Å²) in [6.07, 6.45) is 2.67. The lowest BCUT2D eigenvalue weighted by Gasteiger charge is -2.26. The number of halogens is 1. The van der Waals surface area contributed by atoms with Crippen LogP contribution in [0.5, 0.6) is 0 Å². The monoisotopic (exact) mass is 412 g/mol. The standard InChI is InChI=1S/C23H25FN2O2S/c1-4-26-17(3)23(20-7-5-6-8-22(20)26)18-11-13-25(14-12-18)29(27,28)19-9-10-21(24)16(2)15-19/h5-11,15H,4,12-14H2,1-3H3. The molecular formula is C23H25FN2O2S. The van der Waals surface area contributed by atoms with E-state index in [9.17, 15) is 12.8 Å². The zero-order valence-electron chi connectivity index (χ0n) is 16.9. The zero-order valence-corrected chi connectivity index (χ0v) is 17.8. The third-order valence-electron chi connectivity index (χ3n) is 5.81. The Kier molecular flexibility index (Phi) is 5.09. The molecule has 0 atom stereocenters. The van der Waals surface area contributed by atoms with Gasteiger partial charge in [-0.3, -0.25) is 0 Å². The number of hydrogen-bond acceptors (Lipinski definition) is 2. The lowest BCUT2D eigenvalue weighted by atomic mass is 9.97. The Morgan fingerprint density at radius 1 is 1.10 bits per heavy atom. The van der Waals surface area contributed by atoms with Crippen molar-refractivity contribution in [3.05, 3.63) is 71.2 Å². The van der Waals surface area contributed by atoms with Gasteiger partial charge in [0.15, 0.2) is 0 Å². The molecule has 6 heteroatoms. The molecule has 1 aromatic heterocycles. The van der Waals surface area contributed by atoms with E-state index in [0.29, 0.717) is 25.1 Å². The summed E-state index contributed by atoms with van der Waals surface area (Å²) in [4.78, 5) is 0.145. The first-order valence-electron chi connectivity index (χ1n) is 9.88. The van der Waals surface area contributed by atoms with Crippen molar-refractivity contribution in [2.45, 2.75) is 38.6 Å². The van der Waals surface area contributed by atoms with Crippen LogP contribution in [-0.2, 0) is 16.6 Å². The van der Waals surface area contributed by atoms with Gasteiger partial charge in [-0.1, -0.05) is 24.3 Å². The molecule has 2 aromatic carbocycles. The Hall–Kier alpha value is -2.44. The van der Waals surface area contributed by atoms with Crippen LogP contribution in [0.3, 0.4) is 0 Å². The molecule has 2 heterocycles. The molecule has 29 heavy (non-hydrogen) atoms. The van der Waals surface area contributed by atoms with Gasteiger partial charge >= 0.3 is 0 Å². The fraction of sp³-hybridized carbons (Fsp3) is 0.304. The number of para-hydroxylation sites is 1. The van der Waals surface area contributed by atoms with Gasteiger partial charge in [-0.15, -0.1) is 0 Å². The van der Waals surface area contributed by atoms with Crippen LogP contribution in [0.15, 0.2) is 53.4 Å². The number of fused-ring (bicyclic) bond motifs is 1.